The van der Waals surface area contributed by atoms with Gasteiger partial charge in [-0.05, 0) is 31.2 Å². The van der Waals surface area contributed by atoms with Crippen LogP contribution in [0.2, 0.25) is 0 Å². The number of rotatable bonds is 6. The van der Waals surface area contributed by atoms with Crippen molar-refractivity contribution in [3.63, 3.8) is 0 Å². The third kappa shape index (κ3) is 5.11. The van der Waals surface area contributed by atoms with Gasteiger partial charge in [-0.1, -0.05) is 12.1 Å². The molecule has 2 aromatic carbocycles. The minimum atomic E-state index is -1.10. The molecular formula is C19H17N3O6S. The SMILES string of the molecule is C[C@@H](OC(=O)C[C@@H]1Sc2ccccc2NC1=O)C(=O)Nc1ccc([N+](=O)[O-])cc1. The van der Waals surface area contributed by atoms with Crippen molar-refractivity contribution >= 4 is 46.6 Å². The summed E-state index contributed by atoms with van der Waals surface area (Å²) in [6.07, 6.45) is -1.28. The van der Waals surface area contributed by atoms with Gasteiger partial charge in [0.1, 0.15) is 0 Å². The molecule has 0 saturated carbocycles. The van der Waals surface area contributed by atoms with Crippen LogP contribution in [0.4, 0.5) is 17.1 Å². The second-order valence-electron chi connectivity index (χ2n) is 6.22. The first-order valence-electron chi connectivity index (χ1n) is 8.65. The lowest BCUT2D eigenvalue weighted by atomic mass is 10.2. The van der Waals surface area contributed by atoms with Gasteiger partial charge in [-0.15, -0.1) is 11.8 Å². The van der Waals surface area contributed by atoms with E-state index in [2.05, 4.69) is 10.6 Å². The Bertz CT molecular complexity index is 963. The maximum Gasteiger partial charge on any atom is 0.308 e. The molecule has 0 unspecified atom stereocenters. The van der Waals surface area contributed by atoms with Crippen LogP contribution in [-0.2, 0) is 19.1 Å². The Morgan fingerprint density at radius 2 is 1.93 bits per heavy atom. The molecule has 9 nitrogen and oxygen atoms in total. The molecule has 0 saturated heterocycles. The molecule has 1 aliphatic heterocycles. The highest BCUT2D eigenvalue weighted by Gasteiger charge is 2.30. The Labute approximate surface area is 170 Å². The highest BCUT2D eigenvalue weighted by molar-refractivity contribution is 8.01. The summed E-state index contributed by atoms with van der Waals surface area (Å²) in [4.78, 5) is 47.5. The Morgan fingerprint density at radius 1 is 1.24 bits per heavy atom. The number of non-ortho nitro benzene ring substituents is 1. The van der Waals surface area contributed by atoms with E-state index in [4.69, 9.17) is 4.74 Å². The largest absolute Gasteiger partial charge is 0.452 e. The van der Waals surface area contributed by atoms with E-state index in [1.165, 1.54) is 43.0 Å². The number of carbonyl (C=O) groups excluding carboxylic acids is 3. The van der Waals surface area contributed by atoms with Crippen LogP contribution in [0.5, 0.6) is 0 Å². The topological polar surface area (TPSA) is 128 Å². The van der Waals surface area contributed by atoms with Crippen molar-refractivity contribution in [3.05, 3.63) is 58.6 Å². The molecule has 1 heterocycles. The van der Waals surface area contributed by atoms with Crippen LogP contribution in [0, 0.1) is 10.1 Å². The van der Waals surface area contributed by atoms with E-state index >= 15 is 0 Å². The van der Waals surface area contributed by atoms with Crippen LogP contribution in [0.1, 0.15) is 13.3 Å². The number of para-hydroxylation sites is 1. The molecule has 150 valence electrons. The number of hydrogen-bond acceptors (Lipinski definition) is 7. The van der Waals surface area contributed by atoms with Gasteiger partial charge in [0.25, 0.3) is 11.6 Å². The summed E-state index contributed by atoms with van der Waals surface area (Å²) >= 11 is 1.27. The number of anilines is 2. The Kier molecular flexibility index (Phi) is 6.13. The number of nitrogens with one attached hydrogen (secondary N) is 2. The highest BCUT2D eigenvalue weighted by atomic mass is 32.2. The Morgan fingerprint density at radius 3 is 2.62 bits per heavy atom. The fourth-order valence-electron chi connectivity index (χ4n) is 2.59. The number of thioether (sulfide) groups is 1. The van der Waals surface area contributed by atoms with Gasteiger partial charge < -0.3 is 15.4 Å². The van der Waals surface area contributed by atoms with Crippen molar-refractivity contribution in [2.75, 3.05) is 10.6 Å². The number of carbonyl (C=O) groups is 3. The maximum absolute atomic E-state index is 12.2. The summed E-state index contributed by atoms with van der Waals surface area (Å²) in [5, 5.41) is 15.3. The molecule has 2 aromatic rings. The molecule has 3 rings (SSSR count). The normalized spacial score (nSPS) is 16.2. The van der Waals surface area contributed by atoms with E-state index in [1.54, 1.807) is 12.1 Å². The first-order chi connectivity index (χ1) is 13.8. The van der Waals surface area contributed by atoms with Gasteiger partial charge >= 0.3 is 5.97 Å². The molecule has 0 aliphatic carbocycles. The molecule has 29 heavy (non-hydrogen) atoms. The molecule has 2 N–H and O–H groups in total. The molecule has 0 aromatic heterocycles. The van der Waals surface area contributed by atoms with Crippen LogP contribution >= 0.6 is 11.8 Å². The fourth-order valence-corrected chi connectivity index (χ4v) is 3.68. The monoisotopic (exact) mass is 415 g/mol. The number of benzene rings is 2. The summed E-state index contributed by atoms with van der Waals surface area (Å²) in [5.41, 5.74) is 0.928. The van der Waals surface area contributed by atoms with E-state index < -0.39 is 28.2 Å². The van der Waals surface area contributed by atoms with Crippen molar-refractivity contribution < 1.29 is 24.0 Å². The first kappa shape index (κ1) is 20.3. The second kappa shape index (κ2) is 8.74. The smallest absolute Gasteiger partial charge is 0.308 e. The molecule has 0 spiro atoms. The number of esters is 1. The summed E-state index contributed by atoms with van der Waals surface area (Å²) in [7, 11) is 0. The summed E-state index contributed by atoms with van der Waals surface area (Å²) in [6, 6.07) is 12.5. The lowest BCUT2D eigenvalue weighted by Crippen LogP contribution is -2.34. The van der Waals surface area contributed by atoms with Gasteiger partial charge in [0.05, 0.1) is 22.3 Å². The summed E-state index contributed by atoms with van der Waals surface area (Å²) < 4.78 is 5.13. The standard InChI is InChI=1S/C19H17N3O6S/c1-11(18(24)20-12-6-8-13(9-7-12)22(26)27)28-17(23)10-16-19(25)21-14-4-2-3-5-15(14)29-16/h2-9,11,16H,10H2,1H3,(H,20,24)(H,21,25)/t11-,16+/m1/s1. The van der Waals surface area contributed by atoms with E-state index in [0.29, 0.717) is 11.4 Å². The molecular weight excluding hydrogens is 398 g/mol. The average Bonchev–Trinajstić information content (AvgIpc) is 2.68. The fraction of sp³-hybridized carbons (Fsp3) is 0.211. The van der Waals surface area contributed by atoms with Crippen LogP contribution in [0.25, 0.3) is 0 Å². The van der Waals surface area contributed by atoms with Gasteiger partial charge in [0.2, 0.25) is 5.91 Å². The highest BCUT2D eigenvalue weighted by Crippen LogP contribution is 2.36. The summed E-state index contributed by atoms with van der Waals surface area (Å²) in [6.45, 7) is 1.40. The van der Waals surface area contributed by atoms with Crippen LogP contribution < -0.4 is 10.6 Å². The number of nitro groups is 1. The molecule has 1 aliphatic rings. The molecule has 0 fully saturated rings. The first-order valence-corrected chi connectivity index (χ1v) is 9.53. The summed E-state index contributed by atoms with van der Waals surface area (Å²) in [5.74, 6) is -1.56. The van der Waals surface area contributed by atoms with Gasteiger partial charge in [-0.2, -0.15) is 0 Å². The zero-order chi connectivity index (χ0) is 21.0. The van der Waals surface area contributed by atoms with Crippen molar-refractivity contribution in [3.8, 4) is 0 Å². The van der Waals surface area contributed by atoms with E-state index in [1.807, 2.05) is 12.1 Å². The van der Waals surface area contributed by atoms with Crippen molar-refractivity contribution in [1.29, 1.82) is 0 Å². The minimum absolute atomic E-state index is 0.104. The number of nitrogens with zero attached hydrogens (tertiary/aromatic N) is 1. The third-order valence-electron chi connectivity index (χ3n) is 4.08. The lowest BCUT2D eigenvalue weighted by Gasteiger charge is -2.23. The van der Waals surface area contributed by atoms with Crippen molar-refractivity contribution in [2.24, 2.45) is 0 Å². The predicted octanol–water partition coefficient (Wildman–Crippen LogP) is 2.97. The number of fused-ring (bicyclic) bond motifs is 1. The minimum Gasteiger partial charge on any atom is -0.452 e. The van der Waals surface area contributed by atoms with Gasteiger partial charge in [0, 0.05) is 22.7 Å². The molecule has 2 amide bonds. The number of amides is 2. The quantitative estimate of drug-likeness (QED) is 0.422. The molecule has 0 bridgehead atoms. The van der Waals surface area contributed by atoms with Crippen molar-refractivity contribution in [2.45, 2.75) is 29.6 Å². The number of ether oxygens (including phenoxy) is 1. The molecule has 0 radical (unpaired) electrons. The number of hydrogen-bond donors (Lipinski definition) is 2. The zero-order valence-electron chi connectivity index (χ0n) is 15.3. The van der Waals surface area contributed by atoms with Gasteiger partial charge in [-0.25, -0.2) is 0 Å². The van der Waals surface area contributed by atoms with Crippen LogP contribution in [0.15, 0.2) is 53.4 Å². The molecule has 10 heteroatoms. The Hall–Kier alpha value is -3.40. The van der Waals surface area contributed by atoms with Crippen LogP contribution in [0.3, 0.4) is 0 Å². The zero-order valence-corrected chi connectivity index (χ0v) is 16.1. The lowest BCUT2D eigenvalue weighted by molar-refractivity contribution is -0.384. The molecule has 2 atom stereocenters. The average molecular weight is 415 g/mol. The number of nitro benzene ring substituents is 1. The van der Waals surface area contributed by atoms with Crippen LogP contribution in [-0.4, -0.2) is 34.1 Å². The maximum atomic E-state index is 12.2. The Balaban J connectivity index is 1.52. The van der Waals surface area contributed by atoms with Crippen molar-refractivity contribution in [1.82, 2.24) is 0 Å². The second-order valence-corrected chi connectivity index (χ2v) is 7.47. The third-order valence-corrected chi connectivity index (χ3v) is 5.36. The van der Waals surface area contributed by atoms with Gasteiger partial charge in [-0.3, -0.25) is 24.5 Å². The van der Waals surface area contributed by atoms with E-state index in [0.717, 1.165) is 4.90 Å². The van der Waals surface area contributed by atoms with Gasteiger partial charge in [0.15, 0.2) is 6.10 Å². The van der Waals surface area contributed by atoms with E-state index in [9.17, 15) is 24.5 Å². The predicted molar refractivity (Wildman–Crippen MR) is 107 cm³/mol. The van der Waals surface area contributed by atoms with E-state index in [-0.39, 0.29) is 18.0 Å².